The van der Waals surface area contributed by atoms with Gasteiger partial charge in [-0.05, 0) is 44.8 Å². The fourth-order valence-corrected chi connectivity index (χ4v) is 3.45. The van der Waals surface area contributed by atoms with Crippen LogP contribution in [0.2, 0.25) is 0 Å². The van der Waals surface area contributed by atoms with Crippen LogP contribution in [-0.2, 0) is 4.74 Å². The summed E-state index contributed by atoms with van der Waals surface area (Å²) in [5.41, 5.74) is 0.578. The second-order valence-corrected chi connectivity index (χ2v) is 5.71. The van der Waals surface area contributed by atoms with E-state index in [0.717, 1.165) is 7.57 Å². The summed E-state index contributed by atoms with van der Waals surface area (Å²) in [5.74, 6) is -0.286. The zero-order valence-electron chi connectivity index (χ0n) is 6.27. The van der Waals surface area contributed by atoms with Crippen LogP contribution < -0.4 is 0 Å². The van der Waals surface area contributed by atoms with E-state index in [0.29, 0.717) is 12.2 Å². The van der Waals surface area contributed by atoms with Crippen molar-refractivity contribution in [3.05, 3.63) is 19.2 Å². The van der Waals surface area contributed by atoms with Crippen LogP contribution in [0.25, 0.3) is 0 Å². The van der Waals surface area contributed by atoms with Crippen LogP contribution in [0.15, 0.2) is 13.6 Å². The summed E-state index contributed by atoms with van der Waals surface area (Å²) >= 11 is 8.01. The van der Waals surface area contributed by atoms with Gasteiger partial charge in [0.15, 0.2) is 0 Å². The maximum atomic E-state index is 11.2. The molecule has 0 N–H and O–H groups in total. The van der Waals surface area contributed by atoms with E-state index in [1.54, 1.807) is 13.0 Å². The molecule has 1 aromatic rings. The highest BCUT2D eigenvalue weighted by Crippen LogP contribution is 2.32. The van der Waals surface area contributed by atoms with Crippen LogP contribution >= 0.6 is 43.2 Å². The molecule has 0 aliphatic rings. The van der Waals surface area contributed by atoms with Gasteiger partial charge in [0, 0.05) is 0 Å². The van der Waals surface area contributed by atoms with Crippen LogP contribution in [0.5, 0.6) is 0 Å². The first-order chi connectivity index (χ1) is 5.65. The monoisotopic (exact) mass is 312 g/mol. The number of rotatable bonds is 2. The average molecular weight is 314 g/mol. The van der Waals surface area contributed by atoms with Gasteiger partial charge in [0.05, 0.1) is 19.7 Å². The zero-order chi connectivity index (χ0) is 9.14. The van der Waals surface area contributed by atoms with E-state index in [1.165, 1.54) is 11.3 Å². The summed E-state index contributed by atoms with van der Waals surface area (Å²) < 4.78 is 6.55. The molecular weight excluding hydrogens is 308 g/mol. The Morgan fingerprint density at radius 1 is 1.67 bits per heavy atom. The zero-order valence-corrected chi connectivity index (χ0v) is 10.3. The lowest BCUT2D eigenvalue weighted by molar-refractivity contribution is 0.0526. The Balaban J connectivity index is 2.87. The lowest BCUT2D eigenvalue weighted by Gasteiger charge is -1.97. The predicted molar refractivity (Wildman–Crippen MR) is 55.7 cm³/mol. The second kappa shape index (κ2) is 4.39. The van der Waals surface area contributed by atoms with Crippen molar-refractivity contribution in [2.75, 3.05) is 6.61 Å². The number of carbonyl (C=O) groups excluding carboxylic acids is 1. The molecular formula is C7H6Br2O2S. The van der Waals surface area contributed by atoms with Gasteiger partial charge in [-0.15, -0.1) is 11.3 Å². The molecule has 0 unspecified atom stereocenters. The van der Waals surface area contributed by atoms with E-state index in [4.69, 9.17) is 4.74 Å². The molecule has 1 aromatic heterocycles. The number of halogens is 2. The average Bonchev–Trinajstić information content (AvgIpc) is 2.30. The van der Waals surface area contributed by atoms with E-state index in [-0.39, 0.29) is 5.97 Å². The highest BCUT2D eigenvalue weighted by Gasteiger charge is 2.13. The molecule has 0 spiro atoms. The Bertz CT molecular complexity index is 296. The maximum Gasteiger partial charge on any atom is 0.340 e. The van der Waals surface area contributed by atoms with Crippen molar-refractivity contribution in [2.24, 2.45) is 0 Å². The largest absolute Gasteiger partial charge is 0.462 e. The van der Waals surface area contributed by atoms with E-state index in [2.05, 4.69) is 31.9 Å². The lowest BCUT2D eigenvalue weighted by atomic mass is 10.3. The predicted octanol–water partition coefficient (Wildman–Crippen LogP) is 3.45. The van der Waals surface area contributed by atoms with Crippen molar-refractivity contribution < 1.29 is 9.53 Å². The fourth-order valence-electron chi connectivity index (χ4n) is 0.688. The molecule has 1 rings (SSSR count). The summed E-state index contributed by atoms with van der Waals surface area (Å²) in [6.07, 6.45) is 0. The van der Waals surface area contributed by atoms with Crippen LogP contribution in [-0.4, -0.2) is 12.6 Å². The Hall–Kier alpha value is 0.130. The van der Waals surface area contributed by atoms with Gasteiger partial charge in [0.25, 0.3) is 0 Å². The SMILES string of the molecule is CCOC(=O)c1cc(Br)sc1Br. The molecule has 0 saturated heterocycles. The third-order valence-electron chi connectivity index (χ3n) is 1.15. The molecule has 0 atom stereocenters. The molecule has 0 aromatic carbocycles. The van der Waals surface area contributed by atoms with Crippen LogP contribution in [0.3, 0.4) is 0 Å². The standard InChI is InChI=1S/C7H6Br2O2S/c1-2-11-7(10)4-3-5(8)12-6(4)9/h3H,2H2,1H3. The number of hydrogen-bond acceptors (Lipinski definition) is 3. The molecule has 66 valence electrons. The molecule has 5 heteroatoms. The molecule has 2 nitrogen and oxygen atoms in total. The first-order valence-corrected chi connectivity index (χ1v) is 5.67. The minimum atomic E-state index is -0.286. The smallest absolute Gasteiger partial charge is 0.340 e. The van der Waals surface area contributed by atoms with Crippen LogP contribution in [0.1, 0.15) is 17.3 Å². The Labute approximate surface area is 91.2 Å². The molecule has 0 aliphatic heterocycles. The summed E-state index contributed by atoms with van der Waals surface area (Å²) in [7, 11) is 0. The first-order valence-electron chi connectivity index (χ1n) is 3.27. The van der Waals surface area contributed by atoms with Gasteiger partial charge in [-0.1, -0.05) is 0 Å². The molecule has 0 amide bonds. The van der Waals surface area contributed by atoms with Gasteiger partial charge in [-0.2, -0.15) is 0 Å². The van der Waals surface area contributed by atoms with Gasteiger partial charge in [-0.3, -0.25) is 0 Å². The van der Waals surface area contributed by atoms with Crippen LogP contribution in [0, 0.1) is 0 Å². The number of hydrogen-bond donors (Lipinski definition) is 0. The first kappa shape index (κ1) is 10.2. The summed E-state index contributed by atoms with van der Waals surface area (Å²) in [4.78, 5) is 11.2. The highest BCUT2D eigenvalue weighted by molar-refractivity contribution is 9.12. The van der Waals surface area contributed by atoms with Crippen molar-refractivity contribution >= 4 is 49.2 Å². The number of thiophene rings is 1. The van der Waals surface area contributed by atoms with E-state index < -0.39 is 0 Å². The Kier molecular flexibility index (Phi) is 3.74. The fraction of sp³-hybridized carbons (Fsp3) is 0.286. The molecule has 0 saturated carbocycles. The maximum absolute atomic E-state index is 11.2. The third kappa shape index (κ3) is 2.31. The summed E-state index contributed by atoms with van der Waals surface area (Å²) in [5, 5.41) is 0. The summed E-state index contributed by atoms with van der Waals surface area (Å²) in [6, 6.07) is 1.74. The van der Waals surface area contributed by atoms with Crippen LogP contribution in [0.4, 0.5) is 0 Å². The van der Waals surface area contributed by atoms with Crippen molar-refractivity contribution in [1.29, 1.82) is 0 Å². The number of carbonyl (C=O) groups is 1. The Morgan fingerprint density at radius 3 is 2.75 bits per heavy atom. The van der Waals surface area contributed by atoms with E-state index >= 15 is 0 Å². The molecule has 0 bridgehead atoms. The van der Waals surface area contributed by atoms with Gasteiger partial charge in [0.1, 0.15) is 0 Å². The molecule has 0 radical (unpaired) electrons. The normalized spacial score (nSPS) is 9.92. The van der Waals surface area contributed by atoms with Gasteiger partial charge >= 0.3 is 5.97 Å². The van der Waals surface area contributed by atoms with E-state index in [9.17, 15) is 4.79 Å². The topological polar surface area (TPSA) is 26.3 Å². The second-order valence-electron chi connectivity index (χ2n) is 1.96. The molecule has 12 heavy (non-hydrogen) atoms. The van der Waals surface area contributed by atoms with Gasteiger partial charge in [-0.25, -0.2) is 4.79 Å². The number of esters is 1. The third-order valence-corrected chi connectivity index (χ3v) is 3.49. The molecule has 0 aliphatic carbocycles. The van der Waals surface area contributed by atoms with Crippen molar-refractivity contribution in [2.45, 2.75) is 6.92 Å². The summed E-state index contributed by atoms with van der Waals surface area (Å²) in [6.45, 7) is 2.19. The van der Waals surface area contributed by atoms with Crippen molar-refractivity contribution in [1.82, 2.24) is 0 Å². The van der Waals surface area contributed by atoms with Crippen molar-refractivity contribution in [3.63, 3.8) is 0 Å². The lowest BCUT2D eigenvalue weighted by Crippen LogP contribution is -2.03. The highest BCUT2D eigenvalue weighted by atomic mass is 79.9. The van der Waals surface area contributed by atoms with Gasteiger partial charge in [0.2, 0.25) is 0 Å². The quantitative estimate of drug-likeness (QED) is 0.782. The van der Waals surface area contributed by atoms with Gasteiger partial charge < -0.3 is 4.74 Å². The van der Waals surface area contributed by atoms with E-state index in [1.807, 2.05) is 0 Å². The Morgan fingerprint density at radius 2 is 2.33 bits per heavy atom. The minimum Gasteiger partial charge on any atom is -0.462 e. The number of ether oxygens (including phenoxy) is 1. The van der Waals surface area contributed by atoms with Crippen molar-refractivity contribution in [3.8, 4) is 0 Å². The molecule has 0 fully saturated rings. The molecule has 1 heterocycles. The minimum absolute atomic E-state index is 0.286.